The smallest absolute Gasteiger partial charge is 0.273 e. The summed E-state index contributed by atoms with van der Waals surface area (Å²) in [4.78, 5) is 15.6. The van der Waals surface area contributed by atoms with Crippen molar-refractivity contribution in [2.45, 2.75) is 25.8 Å². The molecule has 1 fully saturated rings. The summed E-state index contributed by atoms with van der Waals surface area (Å²) in [6, 6.07) is 0.211. The summed E-state index contributed by atoms with van der Waals surface area (Å²) in [5.74, 6) is 0.422. The molecular weight excluding hydrogens is 230 g/mol. The maximum atomic E-state index is 11.7. The number of piperidine rings is 1. The van der Waals surface area contributed by atoms with Gasteiger partial charge >= 0.3 is 0 Å². The van der Waals surface area contributed by atoms with Crippen molar-refractivity contribution < 1.29 is 9.21 Å². The number of hydrogen-bond acceptors (Lipinski definition) is 4. The van der Waals surface area contributed by atoms with Crippen LogP contribution >= 0.6 is 12.4 Å². The van der Waals surface area contributed by atoms with E-state index in [9.17, 15) is 4.79 Å². The van der Waals surface area contributed by atoms with Crippen LogP contribution in [0, 0.1) is 6.92 Å². The van der Waals surface area contributed by atoms with Crippen LogP contribution in [0.15, 0.2) is 10.8 Å². The molecule has 6 heteroatoms. The van der Waals surface area contributed by atoms with Crippen LogP contribution in [0.4, 0.5) is 0 Å². The number of oxazole rings is 1. The number of carbonyl (C=O) groups is 1. The third-order valence-corrected chi connectivity index (χ3v) is 2.59. The molecular formula is C10H16ClN3O2. The van der Waals surface area contributed by atoms with Crippen molar-refractivity contribution in [1.29, 1.82) is 0 Å². The molecule has 2 rings (SSSR count). The van der Waals surface area contributed by atoms with Gasteiger partial charge in [0.15, 0.2) is 12.1 Å². The van der Waals surface area contributed by atoms with Gasteiger partial charge in [-0.05, 0) is 26.3 Å². The lowest BCUT2D eigenvalue weighted by molar-refractivity contribution is 0.0924. The quantitative estimate of drug-likeness (QED) is 0.812. The van der Waals surface area contributed by atoms with Crippen molar-refractivity contribution in [2.75, 3.05) is 13.1 Å². The van der Waals surface area contributed by atoms with E-state index in [1.807, 2.05) is 0 Å². The van der Waals surface area contributed by atoms with Gasteiger partial charge in [0.05, 0.1) is 0 Å². The highest BCUT2D eigenvalue weighted by atomic mass is 35.5. The molecule has 16 heavy (non-hydrogen) atoms. The van der Waals surface area contributed by atoms with Gasteiger partial charge in [0.1, 0.15) is 5.76 Å². The van der Waals surface area contributed by atoms with E-state index in [0.29, 0.717) is 11.5 Å². The van der Waals surface area contributed by atoms with Crippen molar-refractivity contribution in [3.05, 3.63) is 17.8 Å². The van der Waals surface area contributed by atoms with Gasteiger partial charge in [-0.15, -0.1) is 12.4 Å². The first kappa shape index (κ1) is 13.0. The number of carbonyl (C=O) groups excluding carboxylic acids is 1. The molecule has 2 N–H and O–H groups in total. The van der Waals surface area contributed by atoms with E-state index >= 15 is 0 Å². The highest BCUT2D eigenvalue weighted by Crippen LogP contribution is 2.06. The lowest BCUT2D eigenvalue weighted by atomic mass is 10.1. The van der Waals surface area contributed by atoms with E-state index < -0.39 is 0 Å². The predicted octanol–water partition coefficient (Wildman–Crippen LogP) is 0.887. The predicted molar refractivity (Wildman–Crippen MR) is 61.8 cm³/mol. The topological polar surface area (TPSA) is 67.2 Å². The minimum Gasteiger partial charge on any atom is -0.448 e. The van der Waals surface area contributed by atoms with Crippen LogP contribution in [0.3, 0.4) is 0 Å². The highest BCUT2D eigenvalue weighted by Gasteiger charge is 2.19. The Morgan fingerprint density at radius 1 is 1.69 bits per heavy atom. The van der Waals surface area contributed by atoms with Crippen molar-refractivity contribution in [1.82, 2.24) is 15.6 Å². The van der Waals surface area contributed by atoms with Gasteiger partial charge in [-0.3, -0.25) is 4.79 Å². The highest BCUT2D eigenvalue weighted by molar-refractivity contribution is 5.93. The summed E-state index contributed by atoms with van der Waals surface area (Å²) >= 11 is 0. The summed E-state index contributed by atoms with van der Waals surface area (Å²) in [6.07, 6.45) is 3.42. The Morgan fingerprint density at radius 3 is 3.06 bits per heavy atom. The SMILES string of the molecule is Cc1ocnc1C(=O)N[C@@H]1CCCNC1.Cl. The third kappa shape index (κ3) is 2.96. The molecule has 0 bridgehead atoms. The number of rotatable bonds is 2. The lowest BCUT2D eigenvalue weighted by Gasteiger charge is -2.23. The molecule has 0 aliphatic carbocycles. The number of halogens is 1. The van der Waals surface area contributed by atoms with Gasteiger partial charge in [-0.1, -0.05) is 0 Å². The molecule has 90 valence electrons. The van der Waals surface area contributed by atoms with Gasteiger partial charge in [0.2, 0.25) is 0 Å². The average Bonchev–Trinajstić information content (AvgIpc) is 2.66. The van der Waals surface area contributed by atoms with Crippen LogP contribution in [-0.2, 0) is 0 Å². The van der Waals surface area contributed by atoms with E-state index in [4.69, 9.17) is 4.42 Å². The molecule has 0 saturated carbocycles. The minimum atomic E-state index is -0.144. The van der Waals surface area contributed by atoms with E-state index in [2.05, 4.69) is 15.6 Å². The van der Waals surface area contributed by atoms with Gasteiger partial charge in [-0.25, -0.2) is 4.98 Å². The largest absolute Gasteiger partial charge is 0.448 e. The molecule has 1 atom stereocenters. The number of nitrogens with zero attached hydrogens (tertiary/aromatic N) is 1. The Labute approximate surface area is 100 Å². The van der Waals surface area contributed by atoms with E-state index in [1.54, 1.807) is 6.92 Å². The fourth-order valence-electron chi connectivity index (χ4n) is 1.75. The molecule has 1 aliphatic heterocycles. The van der Waals surface area contributed by atoms with E-state index in [0.717, 1.165) is 25.9 Å². The van der Waals surface area contributed by atoms with Gasteiger partial charge in [0.25, 0.3) is 5.91 Å². The molecule has 1 aromatic rings. The Kier molecular flexibility index (Phi) is 4.76. The Morgan fingerprint density at radius 2 is 2.50 bits per heavy atom. The molecule has 5 nitrogen and oxygen atoms in total. The molecule has 0 spiro atoms. The normalized spacial score (nSPS) is 19.9. The van der Waals surface area contributed by atoms with E-state index in [-0.39, 0.29) is 24.4 Å². The summed E-state index contributed by atoms with van der Waals surface area (Å²) in [7, 11) is 0. The molecule has 0 aromatic carbocycles. The molecule has 1 aliphatic rings. The van der Waals surface area contributed by atoms with Crippen molar-refractivity contribution in [3.63, 3.8) is 0 Å². The number of hydrogen-bond donors (Lipinski definition) is 2. The minimum absolute atomic E-state index is 0. The van der Waals surface area contributed by atoms with Gasteiger partial charge < -0.3 is 15.1 Å². The lowest BCUT2D eigenvalue weighted by Crippen LogP contribution is -2.45. The van der Waals surface area contributed by atoms with Crippen LogP contribution in [0.5, 0.6) is 0 Å². The number of aromatic nitrogens is 1. The second kappa shape index (κ2) is 5.86. The van der Waals surface area contributed by atoms with Crippen LogP contribution in [-0.4, -0.2) is 30.0 Å². The summed E-state index contributed by atoms with van der Waals surface area (Å²) in [5.41, 5.74) is 0.389. The fourth-order valence-corrected chi connectivity index (χ4v) is 1.75. The molecule has 1 amide bonds. The Hall–Kier alpha value is -1.07. The van der Waals surface area contributed by atoms with Crippen molar-refractivity contribution in [3.8, 4) is 0 Å². The molecule has 1 saturated heterocycles. The zero-order valence-corrected chi connectivity index (χ0v) is 9.97. The molecule has 0 radical (unpaired) electrons. The van der Waals surface area contributed by atoms with Crippen LogP contribution in [0.25, 0.3) is 0 Å². The molecule has 2 heterocycles. The first-order valence-corrected chi connectivity index (χ1v) is 5.19. The maximum absolute atomic E-state index is 11.7. The molecule has 1 aromatic heterocycles. The van der Waals surface area contributed by atoms with Crippen LogP contribution in [0.1, 0.15) is 29.1 Å². The first-order chi connectivity index (χ1) is 7.27. The Balaban J connectivity index is 0.00000128. The zero-order valence-electron chi connectivity index (χ0n) is 9.16. The summed E-state index contributed by atoms with van der Waals surface area (Å²) in [5, 5.41) is 6.18. The summed E-state index contributed by atoms with van der Waals surface area (Å²) < 4.78 is 4.99. The second-order valence-corrected chi connectivity index (χ2v) is 3.77. The standard InChI is InChI=1S/C10H15N3O2.ClH/c1-7-9(12-6-15-7)10(14)13-8-3-2-4-11-5-8;/h6,8,11H,2-5H2,1H3,(H,13,14);1H/t8-;/m1./s1. The second-order valence-electron chi connectivity index (χ2n) is 3.77. The van der Waals surface area contributed by atoms with Crippen LogP contribution in [0.2, 0.25) is 0 Å². The van der Waals surface area contributed by atoms with E-state index in [1.165, 1.54) is 6.39 Å². The summed E-state index contributed by atoms with van der Waals surface area (Å²) in [6.45, 7) is 3.61. The van der Waals surface area contributed by atoms with Crippen LogP contribution < -0.4 is 10.6 Å². The maximum Gasteiger partial charge on any atom is 0.273 e. The zero-order chi connectivity index (χ0) is 10.7. The van der Waals surface area contributed by atoms with Gasteiger partial charge in [0, 0.05) is 12.6 Å². The number of amides is 1. The number of nitrogens with one attached hydrogen (secondary N) is 2. The van der Waals surface area contributed by atoms with Crippen molar-refractivity contribution >= 4 is 18.3 Å². The fraction of sp³-hybridized carbons (Fsp3) is 0.600. The monoisotopic (exact) mass is 245 g/mol. The first-order valence-electron chi connectivity index (χ1n) is 5.19. The third-order valence-electron chi connectivity index (χ3n) is 2.59. The van der Waals surface area contributed by atoms with Crippen molar-refractivity contribution in [2.24, 2.45) is 0 Å². The number of aryl methyl sites for hydroxylation is 1. The average molecular weight is 246 g/mol. The molecule has 0 unspecified atom stereocenters. The van der Waals surface area contributed by atoms with Gasteiger partial charge in [-0.2, -0.15) is 0 Å². The Bertz CT molecular complexity index is 348.